The highest BCUT2D eigenvalue weighted by Gasteiger charge is 2.16. The van der Waals surface area contributed by atoms with Crippen LogP contribution < -0.4 is 15.4 Å². The second-order valence-corrected chi connectivity index (χ2v) is 9.94. The monoisotopic (exact) mass is 474 g/mol. The van der Waals surface area contributed by atoms with E-state index in [2.05, 4.69) is 22.8 Å². The van der Waals surface area contributed by atoms with Gasteiger partial charge in [0.1, 0.15) is 5.75 Å². The maximum absolute atomic E-state index is 12.3. The lowest BCUT2D eigenvalue weighted by atomic mass is 10.2. The van der Waals surface area contributed by atoms with Crippen LogP contribution in [-0.2, 0) is 9.53 Å². The molecule has 0 aromatic heterocycles. The smallest absolute Gasteiger partial charge is 0.262 e. The molecule has 2 aromatic rings. The molecule has 0 bridgehead atoms. The number of rotatable bonds is 11. The molecule has 1 fully saturated rings. The molecule has 3 rings (SSSR count). The van der Waals surface area contributed by atoms with Gasteiger partial charge in [0.2, 0.25) is 0 Å². The Balaban J connectivity index is 1.43. The van der Waals surface area contributed by atoms with Gasteiger partial charge in [-0.2, -0.15) is 0 Å². The van der Waals surface area contributed by atoms with Crippen LogP contribution in [0.4, 0.5) is 5.69 Å². The summed E-state index contributed by atoms with van der Waals surface area (Å²) in [7, 11) is 0. The van der Waals surface area contributed by atoms with Gasteiger partial charge in [-0.15, -0.1) is 23.5 Å². The number of ether oxygens (including phenoxy) is 2. The fourth-order valence-electron chi connectivity index (χ4n) is 3.11. The quantitative estimate of drug-likeness (QED) is 0.459. The van der Waals surface area contributed by atoms with E-state index in [4.69, 9.17) is 9.47 Å². The number of amides is 2. The molecule has 172 valence electrons. The summed E-state index contributed by atoms with van der Waals surface area (Å²) < 4.78 is 11.4. The van der Waals surface area contributed by atoms with E-state index in [0.717, 1.165) is 6.42 Å². The highest BCUT2D eigenvalue weighted by molar-refractivity contribution is 8.16. The van der Waals surface area contributed by atoms with Gasteiger partial charge in [-0.3, -0.25) is 9.59 Å². The van der Waals surface area contributed by atoms with Crippen LogP contribution in [0.25, 0.3) is 0 Å². The van der Waals surface area contributed by atoms with Gasteiger partial charge in [0.05, 0.1) is 4.58 Å². The van der Waals surface area contributed by atoms with E-state index in [-0.39, 0.29) is 18.4 Å². The molecule has 2 aromatic carbocycles. The lowest BCUT2D eigenvalue weighted by Gasteiger charge is -2.21. The largest absolute Gasteiger partial charge is 0.484 e. The minimum atomic E-state index is -0.276. The third-order valence-corrected chi connectivity index (χ3v) is 7.73. The van der Waals surface area contributed by atoms with Gasteiger partial charge in [0.15, 0.2) is 6.61 Å². The topological polar surface area (TPSA) is 76.7 Å². The second kappa shape index (κ2) is 13.4. The Labute approximate surface area is 198 Å². The van der Waals surface area contributed by atoms with Crippen LogP contribution >= 0.6 is 23.5 Å². The van der Waals surface area contributed by atoms with Gasteiger partial charge in [0.25, 0.3) is 11.8 Å². The van der Waals surface area contributed by atoms with Crippen LogP contribution in [-0.4, -0.2) is 49.7 Å². The Hall–Kier alpha value is -2.16. The number of benzene rings is 2. The predicted octanol–water partition coefficient (Wildman–Crippen LogP) is 4.73. The summed E-state index contributed by atoms with van der Waals surface area (Å²) in [6.07, 6.45) is 2.02. The van der Waals surface area contributed by atoms with Gasteiger partial charge in [0, 0.05) is 31.0 Å². The zero-order valence-corrected chi connectivity index (χ0v) is 19.9. The Morgan fingerprint density at radius 3 is 2.62 bits per heavy atom. The third kappa shape index (κ3) is 8.07. The lowest BCUT2D eigenvalue weighted by Crippen LogP contribution is -2.25. The van der Waals surface area contributed by atoms with E-state index in [9.17, 15) is 9.59 Å². The van der Waals surface area contributed by atoms with Crippen molar-refractivity contribution in [2.24, 2.45) is 0 Å². The molecule has 0 saturated carbocycles. The maximum Gasteiger partial charge on any atom is 0.262 e. The Morgan fingerprint density at radius 1 is 1.09 bits per heavy atom. The van der Waals surface area contributed by atoms with Crippen molar-refractivity contribution >= 4 is 41.0 Å². The van der Waals surface area contributed by atoms with E-state index >= 15 is 0 Å². The van der Waals surface area contributed by atoms with Crippen molar-refractivity contribution in [3.8, 4) is 5.75 Å². The van der Waals surface area contributed by atoms with Crippen molar-refractivity contribution < 1.29 is 19.1 Å². The van der Waals surface area contributed by atoms with Crippen LogP contribution in [0.1, 0.15) is 40.3 Å². The number of thioether (sulfide) groups is 2. The molecule has 1 heterocycles. The van der Waals surface area contributed by atoms with Crippen LogP contribution in [0.3, 0.4) is 0 Å². The molecule has 8 heteroatoms. The first-order valence-electron chi connectivity index (χ1n) is 10.9. The van der Waals surface area contributed by atoms with E-state index in [0.29, 0.717) is 41.3 Å². The van der Waals surface area contributed by atoms with Crippen molar-refractivity contribution in [2.45, 2.75) is 24.3 Å². The fraction of sp³-hybridized carbons (Fsp3) is 0.417. The summed E-state index contributed by atoms with van der Waals surface area (Å²) in [5.74, 6) is 2.61. The van der Waals surface area contributed by atoms with Gasteiger partial charge in [-0.1, -0.05) is 18.2 Å². The highest BCUT2D eigenvalue weighted by Crippen LogP contribution is 2.43. The van der Waals surface area contributed by atoms with Crippen LogP contribution in [0.15, 0.2) is 48.5 Å². The van der Waals surface area contributed by atoms with E-state index in [1.165, 1.54) is 23.5 Å². The van der Waals surface area contributed by atoms with E-state index in [1.807, 2.05) is 42.6 Å². The molecule has 1 saturated heterocycles. The van der Waals surface area contributed by atoms with Crippen molar-refractivity contribution in [1.29, 1.82) is 0 Å². The van der Waals surface area contributed by atoms with Crippen molar-refractivity contribution in [2.75, 3.05) is 43.2 Å². The van der Waals surface area contributed by atoms with Gasteiger partial charge < -0.3 is 20.1 Å². The summed E-state index contributed by atoms with van der Waals surface area (Å²) in [6.45, 7) is 3.67. The molecule has 6 nitrogen and oxygen atoms in total. The standard InChI is InChI=1S/C24H30N2O4S2/c1-2-29-13-4-12-25-23(28)19-6-3-7-20(16-19)26-22(27)17-30-21-10-8-18(9-11-21)24-31-14-5-15-32-24/h3,6-11,16,24H,2,4-5,12-15,17H2,1H3,(H,25,28)(H,26,27). The molecule has 32 heavy (non-hydrogen) atoms. The first kappa shape index (κ1) is 24.5. The minimum absolute atomic E-state index is 0.0971. The van der Waals surface area contributed by atoms with Gasteiger partial charge >= 0.3 is 0 Å². The molecule has 0 atom stereocenters. The van der Waals surface area contributed by atoms with Gasteiger partial charge in [-0.25, -0.2) is 0 Å². The van der Waals surface area contributed by atoms with Crippen molar-refractivity contribution in [3.05, 3.63) is 59.7 Å². The summed E-state index contributed by atoms with van der Waals surface area (Å²) in [4.78, 5) is 24.6. The zero-order valence-electron chi connectivity index (χ0n) is 18.3. The third-order valence-electron chi connectivity index (χ3n) is 4.71. The summed E-state index contributed by atoms with van der Waals surface area (Å²) >= 11 is 3.95. The summed E-state index contributed by atoms with van der Waals surface area (Å²) in [5, 5.41) is 5.64. The van der Waals surface area contributed by atoms with E-state index in [1.54, 1.807) is 24.3 Å². The zero-order chi connectivity index (χ0) is 22.6. The number of hydrogen-bond acceptors (Lipinski definition) is 6. The molecule has 1 aliphatic heterocycles. The number of carbonyl (C=O) groups is 2. The first-order valence-corrected chi connectivity index (χ1v) is 13.0. The van der Waals surface area contributed by atoms with Crippen molar-refractivity contribution in [1.82, 2.24) is 5.32 Å². The molecule has 0 spiro atoms. The Morgan fingerprint density at radius 2 is 1.88 bits per heavy atom. The highest BCUT2D eigenvalue weighted by atomic mass is 32.2. The first-order chi connectivity index (χ1) is 15.7. The number of anilines is 1. The Bertz CT molecular complexity index is 871. The normalized spacial score (nSPS) is 14.0. The Kier molecular flexibility index (Phi) is 10.3. The van der Waals surface area contributed by atoms with Crippen LogP contribution in [0.2, 0.25) is 0 Å². The molecule has 0 unspecified atom stereocenters. The second-order valence-electron chi connectivity index (χ2n) is 7.22. The molecular weight excluding hydrogens is 444 g/mol. The number of carbonyl (C=O) groups excluding carboxylic acids is 2. The number of hydrogen-bond donors (Lipinski definition) is 2. The minimum Gasteiger partial charge on any atom is -0.484 e. The fourth-order valence-corrected chi connectivity index (χ4v) is 6.00. The van der Waals surface area contributed by atoms with E-state index < -0.39 is 0 Å². The SMILES string of the molecule is CCOCCCNC(=O)c1cccc(NC(=O)COc2ccc(C3SCCCS3)cc2)c1. The molecule has 0 aliphatic carbocycles. The van der Waals surface area contributed by atoms with Gasteiger partial charge in [-0.05, 0) is 67.2 Å². The number of nitrogens with one attached hydrogen (secondary N) is 2. The lowest BCUT2D eigenvalue weighted by molar-refractivity contribution is -0.118. The molecule has 2 amide bonds. The maximum atomic E-state index is 12.3. The summed E-state index contributed by atoms with van der Waals surface area (Å²) in [6, 6.07) is 14.8. The molecular formula is C24H30N2O4S2. The molecule has 1 aliphatic rings. The van der Waals surface area contributed by atoms with Crippen LogP contribution in [0.5, 0.6) is 5.75 Å². The molecule has 2 N–H and O–H groups in total. The summed E-state index contributed by atoms with van der Waals surface area (Å²) in [5.41, 5.74) is 2.33. The average molecular weight is 475 g/mol. The molecule has 0 radical (unpaired) electrons. The average Bonchev–Trinajstić information content (AvgIpc) is 2.83. The van der Waals surface area contributed by atoms with Crippen LogP contribution in [0, 0.1) is 0 Å². The van der Waals surface area contributed by atoms with Crippen molar-refractivity contribution in [3.63, 3.8) is 0 Å². The predicted molar refractivity (Wildman–Crippen MR) is 133 cm³/mol.